The van der Waals surface area contributed by atoms with Crippen LogP contribution in [0.4, 0.5) is 0 Å². The largest absolute Gasteiger partial charge is 0.389 e. The number of hydrogen-bond donors (Lipinski definition) is 2. The SMILES string of the molecule is CCC1CCC(O)(C2(CN)CC3CCC2O3)CC1. The molecule has 3 atom stereocenters. The molecular weight excluding hydrogens is 226 g/mol. The minimum absolute atomic E-state index is 0.144. The number of nitrogens with two attached hydrogens (primary N) is 1. The first-order valence-corrected chi connectivity index (χ1v) is 7.71. The Balaban J connectivity index is 1.80. The molecule has 2 heterocycles. The van der Waals surface area contributed by atoms with E-state index in [0.717, 1.165) is 44.4 Å². The lowest BCUT2D eigenvalue weighted by Crippen LogP contribution is -2.59. The summed E-state index contributed by atoms with van der Waals surface area (Å²) in [5, 5.41) is 11.2. The normalized spacial score (nSPS) is 51.8. The lowest BCUT2D eigenvalue weighted by Gasteiger charge is -2.51. The van der Waals surface area contributed by atoms with Crippen molar-refractivity contribution in [3.8, 4) is 0 Å². The highest BCUT2D eigenvalue weighted by atomic mass is 16.5. The van der Waals surface area contributed by atoms with Crippen molar-refractivity contribution in [3.63, 3.8) is 0 Å². The van der Waals surface area contributed by atoms with Crippen LogP contribution < -0.4 is 5.73 Å². The summed E-state index contributed by atoms with van der Waals surface area (Å²) in [6, 6.07) is 0. The van der Waals surface area contributed by atoms with E-state index in [4.69, 9.17) is 10.5 Å². The maximum atomic E-state index is 11.2. The van der Waals surface area contributed by atoms with Crippen LogP contribution in [0.5, 0.6) is 0 Å². The zero-order valence-corrected chi connectivity index (χ0v) is 11.5. The predicted octanol–water partition coefficient (Wildman–Crippen LogP) is 2.21. The van der Waals surface area contributed by atoms with E-state index in [9.17, 15) is 5.11 Å². The van der Waals surface area contributed by atoms with Crippen LogP contribution in [-0.4, -0.2) is 29.5 Å². The lowest BCUT2D eigenvalue weighted by molar-refractivity contribution is -0.137. The van der Waals surface area contributed by atoms with Crippen molar-refractivity contribution < 1.29 is 9.84 Å². The van der Waals surface area contributed by atoms with Crippen molar-refractivity contribution >= 4 is 0 Å². The van der Waals surface area contributed by atoms with Gasteiger partial charge >= 0.3 is 0 Å². The van der Waals surface area contributed by atoms with Crippen molar-refractivity contribution in [1.29, 1.82) is 0 Å². The number of hydrogen-bond acceptors (Lipinski definition) is 3. The second-order valence-corrected chi connectivity index (χ2v) is 6.77. The summed E-state index contributed by atoms with van der Waals surface area (Å²) in [4.78, 5) is 0. The molecule has 0 aromatic rings. The van der Waals surface area contributed by atoms with Gasteiger partial charge in [0, 0.05) is 12.0 Å². The van der Waals surface area contributed by atoms with Crippen molar-refractivity contribution in [2.75, 3.05) is 6.54 Å². The molecule has 3 nitrogen and oxygen atoms in total. The van der Waals surface area contributed by atoms with Crippen LogP contribution in [0, 0.1) is 11.3 Å². The van der Waals surface area contributed by atoms with Gasteiger partial charge in [-0.15, -0.1) is 0 Å². The molecule has 18 heavy (non-hydrogen) atoms. The van der Waals surface area contributed by atoms with E-state index in [2.05, 4.69) is 6.92 Å². The highest BCUT2D eigenvalue weighted by Crippen LogP contribution is 2.57. The second kappa shape index (κ2) is 4.46. The molecule has 3 rings (SSSR count). The molecule has 0 aromatic carbocycles. The number of aliphatic hydroxyl groups is 1. The minimum atomic E-state index is -0.562. The molecular formula is C15H27NO2. The summed E-state index contributed by atoms with van der Waals surface area (Å²) >= 11 is 0. The summed E-state index contributed by atoms with van der Waals surface area (Å²) in [6.45, 7) is 2.84. The quantitative estimate of drug-likeness (QED) is 0.811. The standard InChI is InChI=1S/C15H27NO2/c1-2-11-5-7-15(17,8-6-11)14(10-16)9-12-3-4-13(14)18-12/h11-13,17H,2-10,16H2,1H3. The molecule has 1 saturated carbocycles. The van der Waals surface area contributed by atoms with Gasteiger partial charge in [-0.2, -0.15) is 0 Å². The highest BCUT2D eigenvalue weighted by molar-refractivity contribution is 5.12. The van der Waals surface area contributed by atoms with Crippen LogP contribution in [0.15, 0.2) is 0 Å². The Labute approximate surface area is 110 Å². The van der Waals surface area contributed by atoms with Gasteiger partial charge in [-0.25, -0.2) is 0 Å². The Bertz CT molecular complexity index is 312. The average molecular weight is 253 g/mol. The monoisotopic (exact) mass is 253 g/mol. The zero-order valence-electron chi connectivity index (χ0n) is 11.5. The highest BCUT2D eigenvalue weighted by Gasteiger charge is 2.62. The molecule has 1 aliphatic carbocycles. The Hall–Kier alpha value is -0.120. The summed E-state index contributed by atoms with van der Waals surface area (Å²) < 4.78 is 6.01. The van der Waals surface area contributed by atoms with Crippen LogP contribution in [0.3, 0.4) is 0 Å². The Morgan fingerprint density at radius 1 is 1.22 bits per heavy atom. The van der Waals surface area contributed by atoms with E-state index in [-0.39, 0.29) is 11.5 Å². The van der Waals surface area contributed by atoms with Gasteiger partial charge < -0.3 is 15.6 Å². The molecule has 0 spiro atoms. The van der Waals surface area contributed by atoms with Crippen LogP contribution >= 0.6 is 0 Å². The van der Waals surface area contributed by atoms with Gasteiger partial charge in [0.1, 0.15) is 0 Å². The molecule has 3 N–H and O–H groups in total. The third-order valence-electron chi connectivity index (χ3n) is 6.12. The van der Waals surface area contributed by atoms with E-state index in [1.165, 1.54) is 12.8 Å². The van der Waals surface area contributed by atoms with Gasteiger partial charge in [-0.1, -0.05) is 13.3 Å². The molecule has 0 amide bonds. The van der Waals surface area contributed by atoms with E-state index >= 15 is 0 Å². The van der Waals surface area contributed by atoms with E-state index < -0.39 is 5.60 Å². The average Bonchev–Trinajstić information content (AvgIpc) is 3.00. The smallest absolute Gasteiger partial charge is 0.0741 e. The van der Waals surface area contributed by atoms with Crippen molar-refractivity contribution in [1.82, 2.24) is 0 Å². The Morgan fingerprint density at radius 2 is 1.94 bits per heavy atom. The number of rotatable bonds is 3. The number of fused-ring (bicyclic) bond motifs is 2. The molecule has 3 aliphatic rings. The third-order valence-corrected chi connectivity index (χ3v) is 6.12. The van der Waals surface area contributed by atoms with E-state index in [1.54, 1.807) is 0 Å². The fraction of sp³-hybridized carbons (Fsp3) is 1.00. The number of ether oxygens (including phenoxy) is 1. The van der Waals surface area contributed by atoms with Crippen LogP contribution in [0.25, 0.3) is 0 Å². The lowest BCUT2D eigenvalue weighted by atomic mass is 9.57. The minimum Gasteiger partial charge on any atom is -0.389 e. The maximum Gasteiger partial charge on any atom is 0.0741 e. The molecule has 3 unspecified atom stereocenters. The Kier molecular flexibility index (Phi) is 3.20. The van der Waals surface area contributed by atoms with Crippen LogP contribution in [-0.2, 0) is 4.74 Å². The molecule has 0 aromatic heterocycles. The predicted molar refractivity (Wildman–Crippen MR) is 71.2 cm³/mol. The summed E-state index contributed by atoms with van der Waals surface area (Å²) in [5.41, 5.74) is 5.39. The van der Waals surface area contributed by atoms with Gasteiger partial charge in [-0.05, 0) is 50.9 Å². The van der Waals surface area contributed by atoms with Crippen LogP contribution in [0.2, 0.25) is 0 Å². The topological polar surface area (TPSA) is 55.5 Å². The molecule has 3 fully saturated rings. The molecule has 3 heteroatoms. The van der Waals surface area contributed by atoms with Gasteiger partial charge in [0.15, 0.2) is 0 Å². The zero-order chi connectivity index (χ0) is 12.8. The maximum absolute atomic E-state index is 11.2. The molecule has 2 saturated heterocycles. The van der Waals surface area contributed by atoms with Gasteiger partial charge in [-0.3, -0.25) is 0 Å². The van der Waals surface area contributed by atoms with Crippen molar-refractivity contribution in [2.45, 2.75) is 76.1 Å². The van der Waals surface area contributed by atoms with Crippen LogP contribution in [0.1, 0.15) is 58.3 Å². The van der Waals surface area contributed by atoms with E-state index in [1.807, 2.05) is 0 Å². The Morgan fingerprint density at radius 3 is 2.39 bits per heavy atom. The van der Waals surface area contributed by atoms with Crippen molar-refractivity contribution in [3.05, 3.63) is 0 Å². The first-order valence-electron chi connectivity index (χ1n) is 7.71. The van der Waals surface area contributed by atoms with E-state index in [0.29, 0.717) is 12.6 Å². The summed E-state index contributed by atoms with van der Waals surface area (Å²) in [7, 11) is 0. The van der Waals surface area contributed by atoms with Gasteiger partial charge in [0.05, 0.1) is 17.8 Å². The molecule has 2 aliphatic heterocycles. The first-order chi connectivity index (χ1) is 8.63. The molecule has 2 bridgehead atoms. The molecule has 0 radical (unpaired) electrons. The fourth-order valence-electron chi connectivity index (χ4n) is 4.76. The summed E-state index contributed by atoms with van der Waals surface area (Å²) in [5.74, 6) is 0.805. The third kappa shape index (κ3) is 1.67. The van der Waals surface area contributed by atoms with Gasteiger partial charge in [0.25, 0.3) is 0 Å². The molecule has 104 valence electrons. The van der Waals surface area contributed by atoms with Crippen molar-refractivity contribution in [2.24, 2.45) is 17.1 Å². The second-order valence-electron chi connectivity index (χ2n) is 6.77. The van der Waals surface area contributed by atoms with Gasteiger partial charge in [0.2, 0.25) is 0 Å². The fourth-order valence-corrected chi connectivity index (χ4v) is 4.76. The summed E-state index contributed by atoms with van der Waals surface area (Å²) in [6.07, 6.45) is 9.25. The first kappa shape index (κ1) is 12.9.